The monoisotopic (exact) mass is 518 g/mol. The van der Waals surface area contributed by atoms with Gasteiger partial charge in [0, 0.05) is 15.7 Å². The molecule has 0 atom stereocenters. The lowest BCUT2D eigenvalue weighted by atomic mass is 10.0. The van der Waals surface area contributed by atoms with Gasteiger partial charge in [0.15, 0.2) is 5.82 Å². The first-order chi connectivity index (χ1) is 16.4. The molecule has 0 saturated heterocycles. The number of hydrogen-bond acceptors (Lipinski definition) is 4. The van der Waals surface area contributed by atoms with Crippen molar-refractivity contribution in [2.24, 2.45) is 0 Å². The van der Waals surface area contributed by atoms with Gasteiger partial charge in [-0.1, -0.05) is 53.5 Å². The van der Waals surface area contributed by atoms with Crippen LogP contribution in [0.4, 0.5) is 5.69 Å². The molecule has 0 aliphatic heterocycles. The van der Waals surface area contributed by atoms with Gasteiger partial charge < -0.3 is 10.1 Å². The van der Waals surface area contributed by atoms with Crippen molar-refractivity contribution in [3.05, 3.63) is 88.2 Å². The van der Waals surface area contributed by atoms with Gasteiger partial charge in [-0.3, -0.25) is 4.79 Å². The number of carbonyl (C=O) groups is 1. The molecule has 34 heavy (non-hydrogen) atoms. The van der Waals surface area contributed by atoms with Gasteiger partial charge >= 0.3 is 0 Å². The Bertz CT molecular complexity index is 1310. The molecule has 3 aromatic carbocycles. The minimum atomic E-state index is -0.359. The molecular formula is C27H27BrN4O2. The largest absolute Gasteiger partial charge is 0.494 e. The van der Waals surface area contributed by atoms with Gasteiger partial charge in [-0.2, -0.15) is 0 Å². The van der Waals surface area contributed by atoms with Crippen LogP contribution in [-0.2, 0) is 0 Å². The van der Waals surface area contributed by atoms with Crippen LogP contribution in [0.5, 0.6) is 5.75 Å². The van der Waals surface area contributed by atoms with Gasteiger partial charge in [-0.05, 0) is 73.9 Å². The molecule has 1 heterocycles. The van der Waals surface area contributed by atoms with Crippen LogP contribution >= 0.6 is 15.9 Å². The zero-order chi connectivity index (χ0) is 24.2. The lowest BCUT2D eigenvalue weighted by Gasteiger charge is -2.13. The molecule has 0 aliphatic rings. The van der Waals surface area contributed by atoms with E-state index in [1.165, 1.54) is 0 Å². The number of halogens is 1. The van der Waals surface area contributed by atoms with Crippen LogP contribution in [0.25, 0.3) is 17.1 Å². The fourth-order valence-electron chi connectivity index (χ4n) is 3.71. The number of nitrogens with one attached hydrogen (secondary N) is 1. The van der Waals surface area contributed by atoms with Crippen LogP contribution in [0.15, 0.2) is 71.2 Å². The van der Waals surface area contributed by atoms with Gasteiger partial charge in [0.1, 0.15) is 5.75 Å². The van der Waals surface area contributed by atoms with Crippen LogP contribution in [-0.4, -0.2) is 27.3 Å². The summed E-state index contributed by atoms with van der Waals surface area (Å²) in [5.41, 5.74) is 4.55. The maximum Gasteiger partial charge on any atom is 0.295 e. The Morgan fingerprint density at radius 2 is 1.85 bits per heavy atom. The Hall–Kier alpha value is -3.45. The summed E-state index contributed by atoms with van der Waals surface area (Å²) in [6.45, 7) is 8.74. The third-order valence-electron chi connectivity index (χ3n) is 5.36. The fraction of sp³-hybridized carbons (Fsp3) is 0.222. The van der Waals surface area contributed by atoms with E-state index in [1.54, 1.807) is 4.68 Å². The van der Waals surface area contributed by atoms with Crippen LogP contribution in [0.3, 0.4) is 0 Å². The van der Waals surface area contributed by atoms with Crippen LogP contribution in [0, 0.1) is 6.92 Å². The molecule has 1 aromatic heterocycles. The highest BCUT2D eigenvalue weighted by atomic mass is 79.9. The molecule has 174 valence electrons. The van der Waals surface area contributed by atoms with Crippen molar-refractivity contribution >= 4 is 27.5 Å². The molecule has 6 nitrogen and oxygen atoms in total. The minimum Gasteiger partial charge on any atom is -0.494 e. The van der Waals surface area contributed by atoms with Crippen molar-refractivity contribution < 1.29 is 9.53 Å². The van der Waals surface area contributed by atoms with Crippen LogP contribution in [0.2, 0.25) is 0 Å². The predicted molar refractivity (Wildman–Crippen MR) is 139 cm³/mol. The third-order valence-corrected chi connectivity index (χ3v) is 5.86. The van der Waals surface area contributed by atoms with E-state index in [2.05, 4.69) is 45.2 Å². The molecule has 0 radical (unpaired) electrons. The number of benzene rings is 3. The molecular weight excluding hydrogens is 492 g/mol. The van der Waals surface area contributed by atoms with E-state index in [9.17, 15) is 4.79 Å². The summed E-state index contributed by atoms with van der Waals surface area (Å²) < 4.78 is 8.23. The van der Waals surface area contributed by atoms with E-state index >= 15 is 0 Å². The van der Waals surface area contributed by atoms with E-state index in [1.807, 2.05) is 80.6 Å². The third kappa shape index (κ3) is 5.20. The molecule has 1 amide bonds. The minimum absolute atomic E-state index is 0.100. The summed E-state index contributed by atoms with van der Waals surface area (Å²) in [5.74, 6) is 1.35. The molecule has 0 aliphatic carbocycles. The number of rotatable bonds is 7. The molecule has 0 unspecified atom stereocenters. The molecule has 0 fully saturated rings. The summed E-state index contributed by atoms with van der Waals surface area (Å²) in [5, 5.41) is 7.59. The highest BCUT2D eigenvalue weighted by Gasteiger charge is 2.20. The van der Waals surface area contributed by atoms with E-state index in [0.29, 0.717) is 12.4 Å². The van der Waals surface area contributed by atoms with E-state index in [0.717, 1.165) is 38.3 Å². The van der Waals surface area contributed by atoms with Crippen LogP contribution in [0.1, 0.15) is 48.4 Å². The summed E-state index contributed by atoms with van der Waals surface area (Å²) in [6.07, 6.45) is 0. The summed E-state index contributed by atoms with van der Waals surface area (Å²) in [6, 6.07) is 21.4. The molecule has 4 aromatic rings. The quantitative estimate of drug-likeness (QED) is 0.292. The molecule has 1 N–H and O–H groups in total. The van der Waals surface area contributed by atoms with Crippen molar-refractivity contribution in [3.63, 3.8) is 0 Å². The van der Waals surface area contributed by atoms with Crippen molar-refractivity contribution in [1.82, 2.24) is 14.8 Å². The van der Waals surface area contributed by atoms with E-state index < -0.39 is 0 Å². The number of amides is 1. The Morgan fingerprint density at radius 1 is 1.09 bits per heavy atom. The molecule has 0 bridgehead atoms. The second-order valence-corrected chi connectivity index (χ2v) is 9.22. The second kappa shape index (κ2) is 10.2. The Balaban J connectivity index is 1.74. The topological polar surface area (TPSA) is 69.0 Å². The van der Waals surface area contributed by atoms with Crippen molar-refractivity contribution in [2.45, 2.75) is 33.6 Å². The van der Waals surface area contributed by atoms with Gasteiger partial charge in [-0.25, -0.2) is 9.67 Å². The first-order valence-corrected chi connectivity index (χ1v) is 12.0. The number of aryl methyl sites for hydroxylation is 1. The Morgan fingerprint density at radius 3 is 2.53 bits per heavy atom. The fourth-order valence-corrected chi connectivity index (χ4v) is 4.09. The predicted octanol–water partition coefficient (Wildman–Crippen LogP) is 6.78. The molecule has 0 saturated carbocycles. The Kier molecular flexibility index (Phi) is 7.12. The number of hydrogen-bond donors (Lipinski definition) is 1. The van der Waals surface area contributed by atoms with Crippen molar-refractivity contribution in [2.75, 3.05) is 11.9 Å². The zero-order valence-corrected chi connectivity index (χ0v) is 21.3. The Labute approximate surface area is 208 Å². The summed E-state index contributed by atoms with van der Waals surface area (Å²) in [4.78, 5) is 17.9. The second-order valence-electron chi connectivity index (χ2n) is 8.31. The number of nitrogens with zero attached hydrogens (tertiary/aromatic N) is 3. The van der Waals surface area contributed by atoms with Gasteiger partial charge in [0.2, 0.25) is 5.82 Å². The van der Waals surface area contributed by atoms with E-state index in [-0.39, 0.29) is 17.6 Å². The molecule has 0 spiro atoms. The molecule has 7 heteroatoms. The number of ether oxygens (including phenoxy) is 1. The highest BCUT2D eigenvalue weighted by molar-refractivity contribution is 9.10. The lowest BCUT2D eigenvalue weighted by molar-refractivity contribution is 0.101. The zero-order valence-electron chi connectivity index (χ0n) is 19.7. The maximum absolute atomic E-state index is 13.2. The standard InChI is InChI=1S/C27H27BrN4O2/c1-5-34-22-12-10-21(11-13-22)32-26(19-8-6-7-18(4)15-19)30-25(31-32)27(33)29-24-14-9-20(28)16-23(24)17(2)3/h6-17H,5H2,1-4H3,(H,29,33). The number of aromatic nitrogens is 3. The van der Waals surface area contributed by atoms with Gasteiger partial charge in [0.25, 0.3) is 5.91 Å². The van der Waals surface area contributed by atoms with Gasteiger partial charge in [0.05, 0.1) is 12.3 Å². The first-order valence-electron chi connectivity index (χ1n) is 11.2. The van der Waals surface area contributed by atoms with Crippen molar-refractivity contribution in [1.29, 1.82) is 0 Å². The van der Waals surface area contributed by atoms with E-state index in [4.69, 9.17) is 4.74 Å². The normalized spacial score (nSPS) is 11.0. The highest BCUT2D eigenvalue weighted by Crippen LogP contribution is 2.29. The maximum atomic E-state index is 13.2. The number of anilines is 1. The lowest BCUT2D eigenvalue weighted by Crippen LogP contribution is -2.16. The average Bonchev–Trinajstić information content (AvgIpc) is 3.26. The smallest absolute Gasteiger partial charge is 0.295 e. The van der Waals surface area contributed by atoms with Crippen molar-refractivity contribution in [3.8, 4) is 22.8 Å². The molecule has 4 rings (SSSR count). The van der Waals surface area contributed by atoms with Gasteiger partial charge in [-0.15, -0.1) is 5.10 Å². The average molecular weight is 519 g/mol. The first kappa shape index (κ1) is 23.7. The number of carbonyl (C=O) groups excluding carboxylic acids is 1. The SMILES string of the molecule is CCOc1ccc(-n2nc(C(=O)Nc3ccc(Br)cc3C(C)C)nc2-c2cccc(C)c2)cc1. The summed E-state index contributed by atoms with van der Waals surface area (Å²) in [7, 11) is 0. The summed E-state index contributed by atoms with van der Waals surface area (Å²) >= 11 is 3.51. The van der Waals surface area contributed by atoms with Crippen LogP contribution < -0.4 is 10.1 Å².